The number of nitrogens with zero attached hydrogens (tertiary/aromatic N) is 1. The van der Waals surface area contributed by atoms with Crippen molar-refractivity contribution in [2.75, 3.05) is 11.9 Å². The first-order valence-corrected chi connectivity index (χ1v) is 8.55. The number of nitrogens with one attached hydrogen (secondary N) is 1. The average Bonchev–Trinajstić information content (AvgIpc) is 3.15. The summed E-state index contributed by atoms with van der Waals surface area (Å²) < 4.78 is 5.51. The number of carbonyl (C=O) groups is 2. The van der Waals surface area contributed by atoms with E-state index >= 15 is 0 Å². The molecule has 128 valence electrons. The number of hydrogen-bond acceptors (Lipinski definition) is 6. The smallest absolute Gasteiger partial charge is 0.266 e. The summed E-state index contributed by atoms with van der Waals surface area (Å²) in [7, 11) is 0. The van der Waals surface area contributed by atoms with Crippen molar-refractivity contribution in [3.63, 3.8) is 0 Å². The van der Waals surface area contributed by atoms with Crippen molar-refractivity contribution < 1.29 is 19.1 Å². The number of thiocarbonyl (C=S) groups is 1. The molecule has 1 aliphatic rings. The highest BCUT2D eigenvalue weighted by Gasteiger charge is 2.33. The van der Waals surface area contributed by atoms with Crippen LogP contribution >= 0.6 is 24.0 Å². The summed E-state index contributed by atoms with van der Waals surface area (Å²) in [6.45, 7) is 1.58. The van der Waals surface area contributed by atoms with Crippen molar-refractivity contribution in [1.29, 1.82) is 0 Å². The van der Waals surface area contributed by atoms with Gasteiger partial charge in [0, 0.05) is 11.8 Å². The Morgan fingerprint density at radius 2 is 2.24 bits per heavy atom. The summed E-state index contributed by atoms with van der Waals surface area (Å²) in [6, 6.07) is 8.08. The SMILES string of the molecule is Cc1cc(O)ccc1NC(=O)CN1C(=O)/C(=C/c2ccco2)SC1=S. The van der Waals surface area contributed by atoms with E-state index in [1.165, 1.54) is 17.2 Å². The Balaban J connectivity index is 1.69. The molecule has 0 aliphatic carbocycles. The molecule has 0 unspecified atom stereocenters. The minimum absolute atomic E-state index is 0.121. The van der Waals surface area contributed by atoms with Crippen molar-refractivity contribution in [2.24, 2.45) is 0 Å². The molecule has 0 saturated carbocycles. The lowest BCUT2D eigenvalue weighted by molar-refractivity contribution is -0.126. The molecule has 1 aromatic heterocycles. The molecule has 0 atom stereocenters. The van der Waals surface area contributed by atoms with Crippen molar-refractivity contribution in [2.45, 2.75) is 6.92 Å². The van der Waals surface area contributed by atoms with Gasteiger partial charge in [-0.2, -0.15) is 0 Å². The van der Waals surface area contributed by atoms with Crippen LogP contribution < -0.4 is 5.32 Å². The Kier molecular flexibility index (Phi) is 4.91. The van der Waals surface area contributed by atoms with Gasteiger partial charge in [0.2, 0.25) is 5.91 Å². The van der Waals surface area contributed by atoms with Crippen molar-refractivity contribution in [3.05, 3.63) is 52.8 Å². The van der Waals surface area contributed by atoms with Gasteiger partial charge in [-0.3, -0.25) is 14.5 Å². The van der Waals surface area contributed by atoms with Gasteiger partial charge in [-0.05, 0) is 42.8 Å². The lowest BCUT2D eigenvalue weighted by Gasteiger charge is -2.15. The lowest BCUT2D eigenvalue weighted by atomic mass is 10.2. The molecule has 2 N–H and O–H groups in total. The number of furan rings is 1. The quantitative estimate of drug-likeness (QED) is 0.486. The molecular formula is C17H14N2O4S2. The average molecular weight is 374 g/mol. The molecule has 25 heavy (non-hydrogen) atoms. The monoisotopic (exact) mass is 374 g/mol. The number of rotatable bonds is 4. The van der Waals surface area contributed by atoms with Gasteiger partial charge < -0.3 is 14.8 Å². The highest BCUT2D eigenvalue weighted by molar-refractivity contribution is 8.26. The molecule has 2 heterocycles. The second-order valence-corrected chi connectivity index (χ2v) is 7.01. The third kappa shape index (κ3) is 3.92. The molecule has 6 nitrogen and oxygen atoms in total. The minimum Gasteiger partial charge on any atom is -0.508 e. The number of phenolic OH excluding ortho intramolecular Hbond substituents is 1. The van der Waals surface area contributed by atoms with Crippen molar-refractivity contribution >= 4 is 51.9 Å². The number of carbonyl (C=O) groups excluding carboxylic acids is 2. The van der Waals surface area contributed by atoms with E-state index < -0.39 is 0 Å². The molecule has 1 saturated heterocycles. The first-order chi connectivity index (χ1) is 11.9. The van der Waals surface area contributed by atoms with E-state index in [0.29, 0.717) is 20.7 Å². The second-order valence-electron chi connectivity index (χ2n) is 5.33. The van der Waals surface area contributed by atoms with Crippen LogP contribution in [0.1, 0.15) is 11.3 Å². The summed E-state index contributed by atoms with van der Waals surface area (Å²) in [5.74, 6) is -0.0338. The van der Waals surface area contributed by atoms with Gasteiger partial charge in [0.15, 0.2) is 0 Å². The van der Waals surface area contributed by atoms with E-state index in [0.717, 1.165) is 17.3 Å². The molecule has 2 amide bonds. The first-order valence-electron chi connectivity index (χ1n) is 7.32. The number of amides is 2. The molecule has 0 radical (unpaired) electrons. The maximum atomic E-state index is 12.4. The van der Waals surface area contributed by atoms with Crippen LogP contribution in [0.2, 0.25) is 0 Å². The number of aromatic hydroxyl groups is 1. The van der Waals surface area contributed by atoms with Gasteiger partial charge in [-0.15, -0.1) is 0 Å². The fourth-order valence-electron chi connectivity index (χ4n) is 2.26. The van der Waals surface area contributed by atoms with E-state index in [4.69, 9.17) is 16.6 Å². The molecule has 8 heteroatoms. The van der Waals surface area contributed by atoms with Crippen LogP contribution in [-0.2, 0) is 9.59 Å². The summed E-state index contributed by atoms with van der Waals surface area (Å²) in [5.41, 5.74) is 1.29. The Morgan fingerprint density at radius 1 is 1.44 bits per heavy atom. The zero-order valence-electron chi connectivity index (χ0n) is 13.2. The Bertz CT molecular complexity index is 875. The Labute approximate surface area is 153 Å². The standard InChI is InChI=1S/C17H14N2O4S2/c1-10-7-11(20)4-5-13(10)18-15(21)9-19-16(22)14(25-17(19)24)8-12-3-2-6-23-12/h2-8,20H,9H2,1H3,(H,18,21)/b14-8-. The molecular weight excluding hydrogens is 360 g/mol. The number of benzene rings is 1. The molecule has 2 aromatic rings. The van der Waals surface area contributed by atoms with Crippen LogP contribution in [0.3, 0.4) is 0 Å². The van der Waals surface area contributed by atoms with Crippen LogP contribution in [0, 0.1) is 6.92 Å². The fraction of sp³-hybridized carbons (Fsp3) is 0.118. The summed E-state index contributed by atoms with van der Waals surface area (Å²) in [5, 5.41) is 12.1. The normalized spacial score (nSPS) is 15.9. The number of thioether (sulfide) groups is 1. The third-order valence-electron chi connectivity index (χ3n) is 3.48. The second kappa shape index (κ2) is 7.12. The van der Waals surface area contributed by atoms with Crippen LogP contribution in [0.5, 0.6) is 5.75 Å². The van der Waals surface area contributed by atoms with E-state index in [2.05, 4.69) is 5.32 Å². The van der Waals surface area contributed by atoms with Crippen LogP contribution in [0.25, 0.3) is 6.08 Å². The van der Waals surface area contributed by atoms with Gasteiger partial charge in [-0.25, -0.2) is 0 Å². The molecule has 1 aliphatic heterocycles. The van der Waals surface area contributed by atoms with E-state index in [1.807, 2.05) is 0 Å². The lowest BCUT2D eigenvalue weighted by Crippen LogP contribution is -2.36. The fourth-order valence-corrected chi connectivity index (χ4v) is 3.50. The van der Waals surface area contributed by atoms with E-state index in [9.17, 15) is 14.7 Å². The Hall–Kier alpha value is -2.58. The van der Waals surface area contributed by atoms with Crippen LogP contribution in [-0.4, -0.2) is 32.7 Å². The summed E-state index contributed by atoms with van der Waals surface area (Å²) in [4.78, 5) is 26.3. The zero-order chi connectivity index (χ0) is 18.0. The van der Waals surface area contributed by atoms with Crippen LogP contribution in [0.15, 0.2) is 45.9 Å². The van der Waals surface area contributed by atoms with E-state index in [-0.39, 0.29) is 24.1 Å². The molecule has 3 rings (SSSR count). The number of anilines is 1. The van der Waals surface area contributed by atoms with Gasteiger partial charge in [0.1, 0.15) is 22.4 Å². The maximum absolute atomic E-state index is 12.4. The minimum atomic E-state index is -0.371. The molecule has 0 bridgehead atoms. The van der Waals surface area contributed by atoms with Crippen molar-refractivity contribution in [3.8, 4) is 5.75 Å². The summed E-state index contributed by atoms with van der Waals surface area (Å²) >= 11 is 6.33. The molecule has 1 aromatic carbocycles. The predicted octanol–water partition coefficient (Wildman–Crippen LogP) is 3.13. The third-order valence-corrected chi connectivity index (χ3v) is 4.85. The highest BCUT2D eigenvalue weighted by atomic mass is 32.2. The van der Waals surface area contributed by atoms with Gasteiger partial charge in [-0.1, -0.05) is 24.0 Å². The van der Waals surface area contributed by atoms with E-state index in [1.54, 1.807) is 37.3 Å². The Morgan fingerprint density at radius 3 is 2.92 bits per heavy atom. The molecule has 0 spiro atoms. The predicted molar refractivity (Wildman–Crippen MR) is 100 cm³/mol. The van der Waals surface area contributed by atoms with Gasteiger partial charge in [0.05, 0.1) is 11.2 Å². The first kappa shape index (κ1) is 17.2. The van der Waals surface area contributed by atoms with Crippen molar-refractivity contribution in [1.82, 2.24) is 4.90 Å². The summed E-state index contributed by atoms with van der Waals surface area (Å²) in [6.07, 6.45) is 3.11. The highest BCUT2D eigenvalue weighted by Crippen LogP contribution is 2.32. The van der Waals surface area contributed by atoms with Crippen LogP contribution in [0.4, 0.5) is 5.69 Å². The maximum Gasteiger partial charge on any atom is 0.266 e. The number of phenols is 1. The topological polar surface area (TPSA) is 82.8 Å². The van der Waals surface area contributed by atoms with Gasteiger partial charge in [0.25, 0.3) is 5.91 Å². The van der Waals surface area contributed by atoms with Gasteiger partial charge >= 0.3 is 0 Å². The molecule has 1 fully saturated rings. The number of hydrogen-bond donors (Lipinski definition) is 2. The zero-order valence-corrected chi connectivity index (χ0v) is 14.8. The largest absolute Gasteiger partial charge is 0.508 e. The number of aryl methyl sites for hydroxylation is 1.